The number of carbonyl (C=O) groups excluding carboxylic acids is 2. The van der Waals surface area contributed by atoms with Gasteiger partial charge in [-0.25, -0.2) is 12.8 Å². The molecule has 0 heterocycles. The predicted octanol–water partition coefficient (Wildman–Crippen LogP) is 6.35. The average molecular weight is 711 g/mol. The molecule has 0 saturated heterocycles. The van der Waals surface area contributed by atoms with Crippen molar-refractivity contribution in [2.75, 3.05) is 24.5 Å². The number of hydrogen-bond donors (Lipinski definition) is 1. The molecule has 242 valence electrons. The lowest BCUT2D eigenvalue weighted by atomic mass is 10.0. The topological polar surface area (TPSA) is 96.0 Å². The van der Waals surface area contributed by atoms with Gasteiger partial charge in [0.05, 0.1) is 17.7 Å². The van der Waals surface area contributed by atoms with E-state index in [2.05, 4.69) is 21.2 Å². The predicted molar refractivity (Wildman–Crippen MR) is 180 cm³/mol. The number of unbranched alkanes of at least 4 members (excludes halogenated alkanes) is 1. The van der Waals surface area contributed by atoms with Crippen LogP contribution in [0.25, 0.3) is 0 Å². The van der Waals surface area contributed by atoms with E-state index < -0.39 is 34.3 Å². The van der Waals surface area contributed by atoms with Crippen molar-refractivity contribution >= 4 is 43.5 Å². The van der Waals surface area contributed by atoms with E-state index in [1.54, 1.807) is 0 Å². The van der Waals surface area contributed by atoms with E-state index in [9.17, 15) is 22.4 Å². The van der Waals surface area contributed by atoms with Gasteiger partial charge >= 0.3 is 0 Å². The summed E-state index contributed by atoms with van der Waals surface area (Å²) in [6, 6.07) is 26.4. The van der Waals surface area contributed by atoms with Crippen molar-refractivity contribution in [3.63, 3.8) is 0 Å². The third kappa shape index (κ3) is 9.17. The summed E-state index contributed by atoms with van der Waals surface area (Å²) in [7, 11) is -2.85. The number of amides is 2. The highest BCUT2D eigenvalue weighted by Gasteiger charge is 2.34. The van der Waals surface area contributed by atoms with Gasteiger partial charge in [-0.3, -0.25) is 13.9 Å². The van der Waals surface area contributed by atoms with Crippen LogP contribution in [0.15, 0.2) is 112 Å². The van der Waals surface area contributed by atoms with Crippen LogP contribution in [0, 0.1) is 5.82 Å². The summed E-state index contributed by atoms with van der Waals surface area (Å²) >= 11 is 3.48. The van der Waals surface area contributed by atoms with Gasteiger partial charge in [0.25, 0.3) is 10.0 Å². The Kier molecular flexibility index (Phi) is 12.3. The molecule has 1 atom stereocenters. The van der Waals surface area contributed by atoms with E-state index in [1.165, 1.54) is 48.4 Å². The summed E-state index contributed by atoms with van der Waals surface area (Å²) in [5, 5.41) is 2.97. The molecule has 11 heteroatoms. The number of hydrogen-bond acceptors (Lipinski definition) is 5. The minimum Gasteiger partial charge on any atom is -0.497 e. The molecule has 4 aromatic carbocycles. The largest absolute Gasteiger partial charge is 0.497 e. The summed E-state index contributed by atoms with van der Waals surface area (Å²) < 4.78 is 49.0. The fraction of sp³-hybridized carbons (Fsp3) is 0.257. The van der Waals surface area contributed by atoms with Crippen LogP contribution in [0.1, 0.15) is 30.9 Å². The van der Waals surface area contributed by atoms with Crippen LogP contribution in [-0.2, 0) is 32.6 Å². The van der Waals surface area contributed by atoms with Crippen molar-refractivity contribution in [2.24, 2.45) is 0 Å². The minimum absolute atomic E-state index is 0.0385. The first-order valence-electron chi connectivity index (χ1n) is 14.9. The Labute approximate surface area is 278 Å². The van der Waals surface area contributed by atoms with Crippen LogP contribution in [0.2, 0.25) is 0 Å². The maximum Gasteiger partial charge on any atom is 0.264 e. The molecule has 46 heavy (non-hydrogen) atoms. The van der Waals surface area contributed by atoms with E-state index in [0.29, 0.717) is 12.3 Å². The maximum absolute atomic E-state index is 14.5. The third-order valence-electron chi connectivity index (χ3n) is 7.38. The van der Waals surface area contributed by atoms with Gasteiger partial charge in [-0.15, -0.1) is 0 Å². The molecule has 0 aliphatic rings. The summed E-state index contributed by atoms with van der Waals surface area (Å²) in [6.45, 7) is 1.86. The number of halogens is 2. The Morgan fingerprint density at radius 2 is 1.59 bits per heavy atom. The number of ether oxygens (including phenoxy) is 1. The van der Waals surface area contributed by atoms with Gasteiger partial charge in [0.15, 0.2) is 0 Å². The number of nitrogens with zero attached hydrogens (tertiary/aromatic N) is 2. The quantitative estimate of drug-likeness (QED) is 0.145. The molecule has 0 aromatic heterocycles. The van der Waals surface area contributed by atoms with E-state index in [1.807, 2.05) is 61.5 Å². The summed E-state index contributed by atoms with van der Waals surface area (Å²) in [6.07, 6.45) is 1.85. The number of rotatable bonds is 15. The van der Waals surface area contributed by atoms with Crippen LogP contribution >= 0.6 is 15.9 Å². The molecule has 1 N–H and O–H groups in total. The third-order valence-corrected chi connectivity index (χ3v) is 9.66. The number of carbonyl (C=O) groups is 2. The van der Waals surface area contributed by atoms with Crippen molar-refractivity contribution in [3.05, 3.63) is 125 Å². The van der Waals surface area contributed by atoms with Crippen LogP contribution in [0.5, 0.6) is 5.75 Å². The van der Waals surface area contributed by atoms with Crippen LogP contribution < -0.4 is 14.4 Å². The fourth-order valence-electron chi connectivity index (χ4n) is 4.90. The van der Waals surface area contributed by atoms with Gasteiger partial charge in [0.2, 0.25) is 11.8 Å². The van der Waals surface area contributed by atoms with Crippen LogP contribution in [0.4, 0.5) is 10.1 Å². The van der Waals surface area contributed by atoms with Crippen molar-refractivity contribution in [3.8, 4) is 5.75 Å². The van der Waals surface area contributed by atoms with Gasteiger partial charge in [-0.05, 0) is 78.2 Å². The Morgan fingerprint density at radius 3 is 2.22 bits per heavy atom. The lowest BCUT2D eigenvalue weighted by Gasteiger charge is -2.34. The zero-order chi connectivity index (χ0) is 33.1. The number of benzene rings is 4. The molecular weight excluding hydrogens is 673 g/mol. The molecule has 8 nitrogen and oxygen atoms in total. The first kappa shape index (κ1) is 34.6. The van der Waals surface area contributed by atoms with Crippen LogP contribution in [0.3, 0.4) is 0 Å². The molecule has 4 rings (SSSR count). The molecule has 2 amide bonds. The maximum atomic E-state index is 14.5. The van der Waals surface area contributed by atoms with E-state index in [0.717, 1.165) is 44.9 Å². The zero-order valence-corrected chi connectivity index (χ0v) is 28.1. The van der Waals surface area contributed by atoms with Gasteiger partial charge in [-0.1, -0.05) is 71.7 Å². The molecule has 0 fully saturated rings. The number of methoxy groups -OCH3 is 1. The molecule has 0 unspecified atom stereocenters. The SMILES string of the molecule is CCCCNC(=O)[C@@H](Cc1ccccc1)N(Cc1cccc(Br)c1)C(=O)CN(c1ccc(F)cc1)S(=O)(=O)c1ccc(OC)cc1. The zero-order valence-electron chi connectivity index (χ0n) is 25.7. The molecular formula is C35H37BrFN3O5S. The van der Waals surface area contributed by atoms with E-state index >= 15 is 0 Å². The average Bonchev–Trinajstić information content (AvgIpc) is 3.06. The second-order valence-electron chi connectivity index (χ2n) is 10.7. The molecule has 0 bridgehead atoms. The van der Waals surface area contributed by atoms with Crippen molar-refractivity contribution in [1.29, 1.82) is 0 Å². The standard InChI is InChI=1S/C35H37BrFN3O5S/c1-3-4-21-38-35(42)33(23-26-9-6-5-7-10-26)39(24-27-11-8-12-28(36)22-27)34(41)25-40(30-15-13-29(37)14-16-30)46(43,44)32-19-17-31(45-2)18-20-32/h5-20,22,33H,3-4,21,23-25H2,1-2H3,(H,38,42)/t33-/m1/s1. The number of nitrogens with one attached hydrogen (secondary N) is 1. The number of sulfonamides is 1. The van der Waals surface area contributed by atoms with Crippen molar-refractivity contribution in [1.82, 2.24) is 10.2 Å². The van der Waals surface area contributed by atoms with Gasteiger partial charge in [-0.2, -0.15) is 0 Å². The normalized spacial score (nSPS) is 11.8. The Bertz CT molecular complexity index is 1700. The van der Waals surface area contributed by atoms with Crippen molar-refractivity contribution in [2.45, 2.75) is 43.7 Å². The minimum atomic E-state index is -4.32. The second-order valence-corrected chi connectivity index (χ2v) is 13.4. The molecule has 0 aliphatic carbocycles. The highest BCUT2D eigenvalue weighted by molar-refractivity contribution is 9.10. The van der Waals surface area contributed by atoms with E-state index in [4.69, 9.17) is 4.74 Å². The molecule has 0 radical (unpaired) electrons. The first-order chi connectivity index (χ1) is 22.1. The fourth-order valence-corrected chi connectivity index (χ4v) is 6.76. The van der Waals surface area contributed by atoms with Gasteiger partial charge < -0.3 is 15.0 Å². The highest BCUT2D eigenvalue weighted by Crippen LogP contribution is 2.27. The van der Waals surface area contributed by atoms with E-state index in [-0.39, 0.29) is 29.5 Å². The Hall–Kier alpha value is -4.22. The first-order valence-corrected chi connectivity index (χ1v) is 17.1. The summed E-state index contributed by atoms with van der Waals surface area (Å²) in [5.41, 5.74) is 1.68. The smallest absolute Gasteiger partial charge is 0.264 e. The highest BCUT2D eigenvalue weighted by atomic mass is 79.9. The monoisotopic (exact) mass is 709 g/mol. The van der Waals surface area contributed by atoms with Crippen molar-refractivity contribution < 1.29 is 27.1 Å². The Balaban J connectivity index is 1.78. The number of anilines is 1. The summed E-state index contributed by atoms with van der Waals surface area (Å²) in [4.78, 5) is 29.6. The molecule has 0 spiro atoms. The summed E-state index contributed by atoms with van der Waals surface area (Å²) in [5.74, 6) is -1.04. The van der Waals surface area contributed by atoms with Crippen LogP contribution in [-0.4, -0.2) is 51.4 Å². The molecule has 4 aromatic rings. The lowest BCUT2D eigenvalue weighted by Crippen LogP contribution is -2.53. The second kappa shape index (κ2) is 16.4. The lowest BCUT2D eigenvalue weighted by molar-refractivity contribution is -0.140. The molecule has 0 saturated carbocycles. The van der Waals surface area contributed by atoms with Gasteiger partial charge in [0, 0.05) is 24.0 Å². The molecule has 0 aliphatic heterocycles. The van der Waals surface area contributed by atoms with Gasteiger partial charge in [0.1, 0.15) is 24.2 Å². The Morgan fingerprint density at radius 1 is 0.913 bits per heavy atom.